The summed E-state index contributed by atoms with van der Waals surface area (Å²) in [6.07, 6.45) is 3.05. The normalized spacial score (nSPS) is 17.8. The number of halogens is 2. The number of rotatable bonds is 3. The summed E-state index contributed by atoms with van der Waals surface area (Å²) >= 11 is 12.3. The van der Waals surface area contributed by atoms with Crippen LogP contribution in [0.5, 0.6) is 0 Å². The number of carbonyl (C=O) groups is 1. The summed E-state index contributed by atoms with van der Waals surface area (Å²) in [7, 11) is 0. The molecule has 1 fully saturated rings. The van der Waals surface area contributed by atoms with Gasteiger partial charge in [0, 0.05) is 19.0 Å². The van der Waals surface area contributed by atoms with Crippen molar-refractivity contribution < 1.29 is 13.9 Å². The van der Waals surface area contributed by atoms with Crippen molar-refractivity contribution in [2.45, 2.75) is 58.1 Å². The Kier molecular flexibility index (Phi) is 5.96. The van der Waals surface area contributed by atoms with Crippen LogP contribution in [0.4, 0.5) is 4.79 Å². The highest BCUT2D eigenvalue weighted by Gasteiger charge is 2.31. The maximum absolute atomic E-state index is 12.5. The number of ether oxygens (including phenoxy) is 1. The lowest BCUT2D eigenvalue weighted by molar-refractivity contribution is 0.00932. The van der Waals surface area contributed by atoms with Crippen molar-refractivity contribution in [3.8, 4) is 11.5 Å². The first-order chi connectivity index (χ1) is 12.7. The molecule has 0 spiro atoms. The van der Waals surface area contributed by atoms with Crippen LogP contribution in [-0.2, 0) is 11.2 Å². The molecule has 1 saturated heterocycles. The number of aromatic nitrogens is 2. The third kappa shape index (κ3) is 4.93. The lowest BCUT2D eigenvalue weighted by Crippen LogP contribution is -2.47. The number of amides is 1. The van der Waals surface area contributed by atoms with Crippen molar-refractivity contribution in [3.05, 3.63) is 34.1 Å². The third-order valence-corrected chi connectivity index (χ3v) is 5.13. The van der Waals surface area contributed by atoms with Gasteiger partial charge in [0.05, 0.1) is 15.6 Å². The molecule has 146 valence electrons. The van der Waals surface area contributed by atoms with E-state index in [9.17, 15) is 4.79 Å². The van der Waals surface area contributed by atoms with E-state index >= 15 is 0 Å². The van der Waals surface area contributed by atoms with Crippen LogP contribution in [0.3, 0.4) is 0 Å². The molecule has 0 aliphatic carbocycles. The predicted molar refractivity (Wildman–Crippen MR) is 104 cm³/mol. The van der Waals surface area contributed by atoms with Crippen molar-refractivity contribution in [2.75, 3.05) is 6.54 Å². The van der Waals surface area contributed by atoms with E-state index in [2.05, 4.69) is 10.2 Å². The third-order valence-electron chi connectivity index (χ3n) is 4.31. The minimum Gasteiger partial charge on any atom is -0.444 e. The summed E-state index contributed by atoms with van der Waals surface area (Å²) < 4.78 is 11.3. The molecule has 0 N–H and O–H groups in total. The molecule has 0 radical (unpaired) electrons. The number of nitrogens with zero attached hydrogens (tertiary/aromatic N) is 3. The molecule has 1 aliphatic rings. The first-order valence-corrected chi connectivity index (χ1v) is 9.76. The Morgan fingerprint density at radius 1 is 1.30 bits per heavy atom. The summed E-state index contributed by atoms with van der Waals surface area (Å²) in [5.74, 6) is 0.777. The molecule has 27 heavy (non-hydrogen) atoms. The fraction of sp³-hybridized carbons (Fsp3) is 0.526. The van der Waals surface area contributed by atoms with E-state index in [-0.39, 0.29) is 12.1 Å². The number of hydrogen-bond acceptors (Lipinski definition) is 5. The zero-order valence-electron chi connectivity index (χ0n) is 15.7. The highest BCUT2D eigenvalue weighted by Crippen LogP contribution is 2.33. The van der Waals surface area contributed by atoms with Gasteiger partial charge in [0.1, 0.15) is 5.60 Å². The molecule has 1 amide bonds. The Morgan fingerprint density at radius 3 is 2.81 bits per heavy atom. The van der Waals surface area contributed by atoms with Gasteiger partial charge in [0.2, 0.25) is 11.8 Å². The number of hydrogen-bond donors (Lipinski definition) is 0. The van der Waals surface area contributed by atoms with E-state index < -0.39 is 5.60 Å². The van der Waals surface area contributed by atoms with Gasteiger partial charge in [0.15, 0.2) is 0 Å². The molecule has 3 rings (SSSR count). The van der Waals surface area contributed by atoms with Gasteiger partial charge >= 0.3 is 6.09 Å². The molecule has 1 aromatic carbocycles. The molecule has 6 nitrogen and oxygen atoms in total. The summed E-state index contributed by atoms with van der Waals surface area (Å²) in [4.78, 5) is 14.3. The lowest BCUT2D eigenvalue weighted by Gasteiger charge is -2.36. The van der Waals surface area contributed by atoms with Gasteiger partial charge in [-0.2, -0.15) is 0 Å². The van der Waals surface area contributed by atoms with Gasteiger partial charge in [-0.25, -0.2) is 4.79 Å². The van der Waals surface area contributed by atoms with Gasteiger partial charge in [-0.15, -0.1) is 10.2 Å². The van der Waals surface area contributed by atoms with Gasteiger partial charge in [-0.1, -0.05) is 29.3 Å². The molecule has 1 atom stereocenters. The standard InChI is InChI=1S/C19H23Cl2N3O3/c1-19(2,3)27-18(25)24-10-5-4-7-12(24)11-15-22-23-17(26-15)13-8-6-9-14(20)16(13)21/h6,8-9,12H,4-5,7,10-11H2,1-3H3. The number of benzene rings is 1. The smallest absolute Gasteiger partial charge is 0.410 e. The number of piperidine rings is 1. The van der Waals surface area contributed by atoms with Crippen LogP contribution in [-0.4, -0.2) is 39.4 Å². The van der Waals surface area contributed by atoms with Gasteiger partial charge < -0.3 is 14.1 Å². The van der Waals surface area contributed by atoms with Crippen molar-refractivity contribution in [3.63, 3.8) is 0 Å². The van der Waals surface area contributed by atoms with Crippen LogP contribution < -0.4 is 0 Å². The number of likely N-dealkylation sites (tertiary alicyclic amines) is 1. The van der Waals surface area contributed by atoms with E-state index in [1.165, 1.54) is 0 Å². The van der Waals surface area contributed by atoms with Crippen LogP contribution in [0, 0.1) is 0 Å². The van der Waals surface area contributed by atoms with Crippen LogP contribution in [0.15, 0.2) is 22.6 Å². The van der Waals surface area contributed by atoms with E-state index in [1.54, 1.807) is 23.1 Å². The molecule has 0 saturated carbocycles. The zero-order chi connectivity index (χ0) is 19.6. The second-order valence-corrected chi connectivity index (χ2v) is 8.41. The molecule has 1 aromatic heterocycles. The molecule has 8 heteroatoms. The highest BCUT2D eigenvalue weighted by atomic mass is 35.5. The Labute approximate surface area is 168 Å². The summed E-state index contributed by atoms with van der Waals surface area (Å²) in [6.45, 7) is 6.26. The molecular formula is C19H23Cl2N3O3. The maximum atomic E-state index is 12.5. The van der Waals surface area contributed by atoms with Crippen molar-refractivity contribution >= 4 is 29.3 Å². The summed E-state index contributed by atoms with van der Waals surface area (Å²) in [5.41, 5.74) is 0.0654. The predicted octanol–water partition coefficient (Wildman–Crippen LogP) is 5.38. The van der Waals surface area contributed by atoms with Crippen molar-refractivity contribution in [1.82, 2.24) is 15.1 Å². The Hall–Kier alpha value is -1.79. The van der Waals surface area contributed by atoms with E-state index in [4.69, 9.17) is 32.4 Å². The van der Waals surface area contributed by atoms with Gasteiger partial charge in [-0.05, 0) is 52.2 Å². The van der Waals surface area contributed by atoms with E-state index in [0.717, 1.165) is 19.3 Å². The Balaban J connectivity index is 1.75. The maximum Gasteiger partial charge on any atom is 0.410 e. The fourth-order valence-electron chi connectivity index (χ4n) is 3.09. The molecule has 2 aromatic rings. The van der Waals surface area contributed by atoms with Gasteiger partial charge in [-0.3, -0.25) is 0 Å². The highest BCUT2D eigenvalue weighted by molar-refractivity contribution is 6.43. The Bertz CT molecular complexity index is 817. The minimum absolute atomic E-state index is 0.0308. The quantitative estimate of drug-likeness (QED) is 0.678. The second-order valence-electron chi connectivity index (χ2n) is 7.63. The first-order valence-electron chi connectivity index (χ1n) is 9.01. The average molecular weight is 412 g/mol. The zero-order valence-corrected chi connectivity index (χ0v) is 17.2. The first kappa shape index (κ1) is 20.0. The SMILES string of the molecule is CC(C)(C)OC(=O)N1CCCCC1Cc1nnc(-c2cccc(Cl)c2Cl)o1. The Morgan fingerprint density at radius 2 is 2.07 bits per heavy atom. The van der Waals surface area contributed by atoms with Crippen LogP contribution >= 0.6 is 23.2 Å². The minimum atomic E-state index is -0.528. The van der Waals surface area contributed by atoms with Crippen LogP contribution in [0.1, 0.15) is 45.9 Å². The second kappa shape index (κ2) is 8.07. The molecule has 1 unspecified atom stereocenters. The monoisotopic (exact) mass is 411 g/mol. The van der Waals surface area contributed by atoms with Crippen molar-refractivity contribution in [2.24, 2.45) is 0 Å². The number of carbonyl (C=O) groups excluding carboxylic acids is 1. The molecule has 2 heterocycles. The molecule has 1 aliphatic heterocycles. The largest absolute Gasteiger partial charge is 0.444 e. The molecule has 0 bridgehead atoms. The summed E-state index contributed by atoms with van der Waals surface area (Å²) in [6, 6.07) is 5.22. The van der Waals surface area contributed by atoms with Crippen LogP contribution in [0.25, 0.3) is 11.5 Å². The summed E-state index contributed by atoms with van der Waals surface area (Å²) in [5, 5.41) is 9.02. The van der Waals surface area contributed by atoms with Crippen molar-refractivity contribution in [1.29, 1.82) is 0 Å². The van der Waals surface area contributed by atoms with Gasteiger partial charge in [0.25, 0.3) is 0 Å². The average Bonchev–Trinajstić information content (AvgIpc) is 3.04. The fourth-order valence-corrected chi connectivity index (χ4v) is 3.47. The van der Waals surface area contributed by atoms with Crippen LogP contribution in [0.2, 0.25) is 10.0 Å². The van der Waals surface area contributed by atoms with E-state index in [0.29, 0.717) is 40.4 Å². The lowest BCUT2D eigenvalue weighted by atomic mass is 10.00. The van der Waals surface area contributed by atoms with E-state index in [1.807, 2.05) is 20.8 Å². The topological polar surface area (TPSA) is 68.5 Å². The molecular weight excluding hydrogens is 389 g/mol.